The Morgan fingerprint density at radius 1 is 1.19 bits per heavy atom. The van der Waals surface area contributed by atoms with Crippen LogP contribution in [-0.2, 0) is 0 Å². The third kappa shape index (κ3) is 5.36. The van der Waals surface area contributed by atoms with Crippen LogP contribution in [0.25, 0.3) is 0 Å². The number of hydrogen-bond acceptors (Lipinski definition) is 2. The fourth-order valence-electron chi connectivity index (χ4n) is 1.61. The third-order valence-electron chi connectivity index (χ3n) is 2.50. The van der Waals surface area contributed by atoms with E-state index in [1.807, 2.05) is 27.7 Å². The van der Waals surface area contributed by atoms with Crippen LogP contribution in [0.1, 0.15) is 41.0 Å². The van der Waals surface area contributed by atoms with Crippen LogP contribution >= 0.6 is 0 Å². The molecule has 1 fully saturated rings. The largest absolute Gasteiger partial charge is 0.384 e. The van der Waals surface area contributed by atoms with Gasteiger partial charge in [0.1, 0.15) is 0 Å². The molecular weight excluding hydrogens is 196 g/mol. The van der Waals surface area contributed by atoms with E-state index < -0.39 is 0 Å². The lowest BCUT2D eigenvalue weighted by Crippen LogP contribution is -2.40. The Labute approximate surface area is 101 Å². The average Bonchev–Trinajstić information content (AvgIpc) is 2.29. The summed E-state index contributed by atoms with van der Waals surface area (Å²) in [6.07, 6.45) is 5.85. The fourth-order valence-corrected chi connectivity index (χ4v) is 1.61. The molecule has 2 aliphatic rings. The van der Waals surface area contributed by atoms with E-state index >= 15 is 0 Å². The van der Waals surface area contributed by atoms with E-state index in [0.717, 1.165) is 13.1 Å². The molecule has 0 spiro atoms. The maximum Gasteiger partial charge on any atom is 0.0381 e. The van der Waals surface area contributed by atoms with Crippen LogP contribution < -0.4 is 5.32 Å². The Bertz CT molecular complexity index is 225. The molecule has 2 heterocycles. The first-order valence-corrected chi connectivity index (χ1v) is 6.68. The van der Waals surface area contributed by atoms with Crippen LogP contribution in [0, 0.1) is 0 Å². The highest BCUT2D eigenvalue weighted by Crippen LogP contribution is 2.11. The summed E-state index contributed by atoms with van der Waals surface area (Å²) in [6, 6.07) is 0. The SMILES string of the molecule is CC.CC.CC1=CCNC(CN2CCC2)=C1. The lowest BCUT2D eigenvalue weighted by molar-refractivity contribution is 0.195. The minimum atomic E-state index is 1.01. The van der Waals surface area contributed by atoms with Crippen molar-refractivity contribution in [2.75, 3.05) is 26.2 Å². The molecule has 0 radical (unpaired) electrons. The molecule has 16 heavy (non-hydrogen) atoms. The summed E-state index contributed by atoms with van der Waals surface area (Å²) in [5.41, 5.74) is 2.78. The van der Waals surface area contributed by atoms with Gasteiger partial charge >= 0.3 is 0 Å². The van der Waals surface area contributed by atoms with E-state index in [-0.39, 0.29) is 0 Å². The Morgan fingerprint density at radius 2 is 1.81 bits per heavy atom. The van der Waals surface area contributed by atoms with Crippen LogP contribution in [0.15, 0.2) is 23.4 Å². The highest BCUT2D eigenvalue weighted by atomic mass is 15.2. The molecule has 0 bridgehead atoms. The number of allylic oxidation sites excluding steroid dienone is 2. The predicted molar refractivity (Wildman–Crippen MR) is 73.6 cm³/mol. The highest BCUT2D eigenvalue weighted by Gasteiger charge is 2.15. The first-order valence-electron chi connectivity index (χ1n) is 6.68. The van der Waals surface area contributed by atoms with Crippen molar-refractivity contribution in [2.45, 2.75) is 41.0 Å². The molecule has 1 saturated heterocycles. The topological polar surface area (TPSA) is 15.3 Å². The standard InChI is InChI=1S/C10H16N2.2C2H6/c1-9-3-4-11-10(7-9)8-12-5-2-6-12;2*1-2/h3,7,11H,2,4-6,8H2,1H3;2*1-2H3. The van der Waals surface area contributed by atoms with Gasteiger partial charge in [0.25, 0.3) is 0 Å². The van der Waals surface area contributed by atoms with Gasteiger partial charge in [0, 0.05) is 18.8 Å². The zero-order chi connectivity index (χ0) is 12.4. The van der Waals surface area contributed by atoms with Gasteiger partial charge in [0.15, 0.2) is 0 Å². The van der Waals surface area contributed by atoms with E-state index in [4.69, 9.17) is 0 Å². The molecule has 0 aromatic carbocycles. The van der Waals surface area contributed by atoms with Gasteiger partial charge in [0.05, 0.1) is 0 Å². The normalized spacial score (nSPS) is 18.6. The maximum absolute atomic E-state index is 3.39. The van der Waals surface area contributed by atoms with Crippen molar-refractivity contribution in [2.24, 2.45) is 0 Å². The van der Waals surface area contributed by atoms with Gasteiger partial charge in [-0.3, -0.25) is 4.90 Å². The lowest BCUT2D eigenvalue weighted by atomic mass is 10.1. The number of nitrogens with zero attached hydrogens (tertiary/aromatic N) is 1. The zero-order valence-corrected chi connectivity index (χ0v) is 11.6. The average molecular weight is 224 g/mol. The summed E-state index contributed by atoms with van der Waals surface area (Å²) < 4.78 is 0. The molecule has 2 nitrogen and oxygen atoms in total. The van der Waals surface area contributed by atoms with Crippen molar-refractivity contribution in [1.29, 1.82) is 0 Å². The molecule has 0 aromatic heterocycles. The smallest absolute Gasteiger partial charge is 0.0381 e. The molecule has 2 aliphatic heterocycles. The monoisotopic (exact) mass is 224 g/mol. The molecule has 0 unspecified atom stereocenters. The van der Waals surface area contributed by atoms with Crippen molar-refractivity contribution in [3.63, 3.8) is 0 Å². The van der Waals surface area contributed by atoms with Crippen molar-refractivity contribution in [3.05, 3.63) is 23.4 Å². The van der Waals surface area contributed by atoms with Gasteiger partial charge in [-0.25, -0.2) is 0 Å². The van der Waals surface area contributed by atoms with Crippen LogP contribution in [-0.4, -0.2) is 31.1 Å². The molecule has 0 saturated carbocycles. The Hall–Kier alpha value is -0.760. The Balaban J connectivity index is 0.000000509. The van der Waals surface area contributed by atoms with Crippen molar-refractivity contribution in [1.82, 2.24) is 10.2 Å². The van der Waals surface area contributed by atoms with E-state index in [1.165, 1.54) is 30.8 Å². The van der Waals surface area contributed by atoms with E-state index in [1.54, 1.807) is 0 Å². The summed E-state index contributed by atoms with van der Waals surface area (Å²) in [7, 11) is 0. The van der Waals surface area contributed by atoms with Crippen molar-refractivity contribution < 1.29 is 0 Å². The number of nitrogens with one attached hydrogen (secondary N) is 1. The molecule has 2 rings (SSSR count). The number of hydrogen-bond donors (Lipinski definition) is 1. The summed E-state index contributed by atoms with van der Waals surface area (Å²) in [5, 5.41) is 3.39. The molecule has 0 atom stereocenters. The quantitative estimate of drug-likeness (QED) is 0.775. The van der Waals surface area contributed by atoms with E-state index in [0.29, 0.717) is 0 Å². The van der Waals surface area contributed by atoms with Crippen LogP contribution in [0.3, 0.4) is 0 Å². The zero-order valence-electron chi connectivity index (χ0n) is 11.6. The summed E-state index contributed by atoms with van der Waals surface area (Å²) >= 11 is 0. The van der Waals surface area contributed by atoms with Gasteiger partial charge in [-0.1, -0.05) is 39.3 Å². The Kier molecular flexibility index (Phi) is 9.02. The van der Waals surface area contributed by atoms with Gasteiger partial charge < -0.3 is 5.32 Å². The fraction of sp³-hybridized carbons (Fsp3) is 0.714. The van der Waals surface area contributed by atoms with Crippen LogP contribution in [0.4, 0.5) is 0 Å². The Morgan fingerprint density at radius 3 is 2.25 bits per heavy atom. The molecular formula is C14H28N2. The molecule has 2 heteroatoms. The molecule has 1 N–H and O–H groups in total. The van der Waals surface area contributed by atoms with Crippen LogP contribution in [0.2, 0.25) is 0 Å². The maximum atomic E-state index is 3.39. The first kappa shape index (κ1) is 15.2. The summed E-state index contributed by atoms with van der Waals surface area (Å²) in [4.78, 5) is 2.47. The molecule has 0 amide bonds. The number of rotatable bonds is 2. The summed E-state index contributed by atoms with van der Waals surface area (Å²) in [5.74, 6) is 0. The van der Waals surface area contributed by atoms with Gasteiger partial charge in [0.2, 0.25) is 0 Å². The minimum Gasteiger partial charge on any atom is -0.384 e. The first-order chi connectivity index (χ1) is 7.84. The second kappa shape index (κ2) is 9.46. The van der Waals surface area contributed by atoms with Crippen molar-refractivity contribution >= 4 is 0 Å². The highest BCUT2D eigenvalue weighted by molar-refractivity contribution is 5.26. The number of likely N-dealkylation sites (tertiary alicyclic amines) is 1. The molecule has 0 aromatic rings. The second-order valence-electron chi connectivity index (χ2n) is 3.63. The van der Waals surface area contributed by atoms with Gasteiger partial charge in [-0.2, -0.15) is 0 Å². The summed E-state index contributed by atoms with van der Waals surface area (Å²) in [6.45, 7) is 14.8. The minimum absolute atomic E-state index is 1.01. The van der Waals surface area contributed by atoms with Gasteiger partial charge in [-0.15, -0.1) is 0 Å². The van der Waals surface area contributed by atoms with Gasteiger partial charge in [-0.05, 0) is 32.5 Å². The molecule has 0 aliphatic carbocycles. The number of dihydropyridines is 1. The van der Waals surface area contributed by atoms with Crippen LogP contribution in [0.5, 0.6) is 0 Å². The second-order valence-corrected chi connectivity index (χ2v) is 3.63. The third-order valence-corrected chi connectivity index (χ3v) is 2.50. The van der Waals surface area contributed by atoms with E-state index in [2.05, 4.69) is 29.3 Å². The predicted octanol–water partition coefficient (Wildman–Crippen LogP) is 3.18. The van der Waals surface area contributed by atoms with E-state index in [9.17, 15) is 0 Å². The van der Waals surface area contributed by atoms with Crippen molar-refractivity contribution in [3.8, 4) is 0 Å². The lowest BCUT2D eigenvalue weighted by Gasteiger charge is -2.32. The molecule has 94 valence electrons.